The molecule has 4 heterocycles. The molecule has 1 fully saturated rings. The number of aromatic nitrogens is 6. The van der Waals surface area contributed by atoms with Crippen LogP contribution in [-0.4, -0.2) is 64.1 Å². The second kappa shape index (κ2) is 5.99. The minimum absolute atomic E-state index is 0.121. The lowest BCUT2D eigenvalue weighted by atomic mass is 9.88. The number of fused-ring (bicyclic) bond motifs is 1. The zero-order chi connectivity index (χ0) is 18.3. The van der Waals surface area contributed by atoms with Gasteiger partial charge in [-0.15, -0.1) is 0 Å². The number of carbonyl (C=O) groups excluding carboxylic acids is 1. The highest BCUT2D eigenvalue weighted by molar-refractivity contribution is 5.90. The molecule has 0 spiro atoms. The van der Waals surface area contributed by atoms with Gasteiger partial charge in [0.2, 0.25) is 5.82 Å². The number of nitrogen functional groups attached to an aromatic ring is 1. The monoisotopic (exact) mass is 354 g/mol. The summed E-state index contributed by atoms with van der Waals surface area (Å²) >= 11 is 0. The minimum Gasteiger partial charge on any atom is -0.386 e. The number of hydrogen-bond donors (Lipinski definition) is 2. The number of hydrogen-bond acceptors (Lipinski definition) is 8. The molecular formula is C16H18N8O2. The topological polar surface area (TPSA) is 136 Å². The molecule has 3 aromatic rings. The molecule has 134 valence electrons. The second-order valence-electron chi connectivity index (χ2n) is 6.54. The van der Waals surface area contributed by atoms with Gasteiger partial charge in [0.25, 0.3) is 5.91 Å². The summed E-state index contributed by atoms with van der Waals surface area (Å²) in [5.74, 6) is 0.115. The predicted molar refractivity (Wildman–Crippen MR) is 91.9 cm³/mol. The van der Waals surface area contributed by atoms with Crippen molar-refractivity contribution < 1.29 is 9.90 Å². The summed E-state index contributed by atoms with van der Waals surface area (Å²) in [6.07, 6.45) is 6.54. The molecule has 0 bridgehead atoms. The Hall–Kier alpha value is -3.14. The van der Waals surface area contributed by atoms with Crippen molar-refractivity contribution in [1.82, 2.24) is 34.4 Å². The predicted octanol–water partition coefficient (Wildman–Crippen LogP) is 0.0367. The number of rotatable bonds is 2. The molecule has 0 unspecified atom stereocenters. The summed E-state index contributed by atoms with van der Waals surface area (Å²) in [6, 6.07) is 1.35. The van der Waals surface area contributed by atoms with Crippen molar-refractivity contribution in [3.05, 3.63) is 36.9 Å². The summed E-state index contributed by atoms with van der Waals surface area (Å²) in [7, 11) is 0. The Labute approximate surface area is 148 Å². The van der Waals surface area contributed by atoms with E-state index in [4.69, 9.17) is 5.73 Å². The molecule has 1 aliphatic heterocycles. The Balaban J connectivity index is 1.61. The normalized spacial score (nSPS) is 23.3. The Morgan fingerprint density at radius 3 is 2.77 bits per heavy atom. The van der Waals surface area contributed by atoms with Crippen molar-refractivity contribution in [1.29, 1.82) is 0 Å². The molecule has 10 nitrogen and oxygen atoms in total. The number of aliphatic hydroxyl groups is 1. The SMILES string of the molecule is C[C@@]1(O)CN(C(=O)c2ncccn2)CC[C@H]1n1cnc2c(N)ncnc21. The molecule has 1 aliphatic rings. The molecule has 0 aromatic carbocycles. The first kappa shape index (κ1) is 16.3. The number of likely N-dealkylation sites (tertiary alicyclic amines) is 1. The van der Waals surface area contributed by atoms with Crippen molar-refractivity contribution in [3.8, 4) is 0 Å². The van der Waals surface area contributed by atoms with Crippen LogP contribution in [-0.2, 0) is 0 Å². The number of amides is 1. The van der Waals surface area contributed by atoms with E-state index < -0.39 is 5.60 Å². The van der Waals surface area contributed by atoms with E-state index in [9.17, 15) is 9.90 Å². The van der Waals surface area contributed by atoms with Gasteiger partial charge in [-0.1, -0.05) is 0 Å². The van der Waals surface area contributed by atoms with Crippen LogP contribution in [0.4, 0.5) is 5.82 Å². The van der Waals surface area contributed by atoms with E-state index in [1.807, 2.05) is 0 Å². The fraction of sp³-hybridized carbons (Fsp3) is 0.375. The van der Waals surface area contributed by atoms with Gasteiger partial charge in [0.1, 0.15) is 17.4 Å². The van der Waals surface area contributed by atoms with Gasteiger partial charge >= 0.3 is 0 Å². The van der Waals surface area contributed by atoms with Crippen LogP contribution in [0.3, 0.4) is 0 Å². The van der Waals surface area contributed by atoms with E-state index in [0.717, 1.165) is 0 Å². The summed E-state index contributed by atoms with van der Waals surface area (Å²) in [5, 5.41) is 11.0. The van der Waals surface area contributed by atoms with Gasteiger partial charge in [0.15, 0.2) is 11.5 Å². The first-order valence-electron chi connectivity index (χ1n) is 8.19. The van der Waals surface area contributed by atoms with Crippen LogP contribution < -0.4 is 5.73 Å². The van der Waals surface area contributed by atoms with Gasteiger partial charge in [0, 0.05) is 18.9 Å². The molecule has 3 N–H and O–H groups in total. The van der Waals surface area contributed by atoms with Crippen molar-refractivity contribution in [2.75, 3.05) is 18.8 Å². The quantitative estimate of drug-likeness (QED) is 0.658. The van der Waals surface area contributed by atoms with Crippen LogP contribution in [0.2, 0.25) is 0 Å². The van der Waals surface area contributed by atoms with E-state index in [0.29, 0.717) is 29.9 Å². The number of anilines is 1. The lowest BCUT2D eigenvalue weighted by Gasteiger charge is -2.43. The number of piperidine rings is 1. The van der Waals surface area contributed by atoms with Crippen LogP contribution in [0, 0.1) is 0 Å². The maximum atomic E-state index is 12.6. The van der Waals surface area contributed by atoms with Crippen LogP contribution >= 0.6 is 0 Å². The maximum Gasteiger partial charge on any atom is 0.291 e. The highest BCUT2D eigenvalue weighted by atomic mass is 16.3. The standard InChI is InChI=1S/C16H18N8O2/c1-16(26)7-23(15(25)13-18-4-2-5-19-13)6-3-10(16)24-9-22-11-12(17)20-8-21-14(11)24/h2,4-5,8-10,26H,3,6-7H2,1H3,(H2,17,20,21)/t10-,16-/m1/s1. The van der Waals surface area contributed by atoms with Crippen molar-refractivity contribution in [2.45, 2.75) is 25.0 Å². The average molecular weight is 354 g/mol. The van der Waals surface area contributed by atoms with Crippen LogP contribution in [0.1, 0.15) is 30.0 Å². The Bertz CT molecular complexity index is 955. The summed E-state index contributed by atoms with van der Waals surface area (Å²) in [6.45, 7) is 2.30. The average Bonchev–Trinajstić information content (AvgIpc) is 3.06. The first-order chi connectivity index (χ1) is 12.5. The van der Waals surface area contributed by atoms with Crippen LogP contribution in [0.15, 0.2) is 31.1 Å². The molecule has 4 rings (SSSR count). The Morgan fingerprint density at radius 2 is 2.04 bits per heavy atom. The fourth-order valence-corrected chi connectivity index (χ4v) is 3.42. The molecule has 0 saturated carbocycles. The minimum atomic E-state index is -1.18. The lowest BCUT2D eigenvalue weighted by Crippen LogP contribution is -2.54. The molecule has 2 atom stereocenters. The zero-order valence-electron chi connectivity index (χ0n) is 14.1. The highest BCUT2D eigenvalue weighted by Gasteiger charge is 2.42. The van der Waals surface area contributed by atoms with Crippen LogP contribution in [0.5, 0.6) is 0 Å². The largest absolute Gasteiger partial charge is 0.386 e. The fourth-order valence-electron chi connectivity index (χ4n) is 3.42. The Kier molecular flexibility index (Phi) is 3.76. The van der Waals surface area contributed by atoms with E-state index >= 15 is 0 Å². The van der Waals surface area contributed by atoms with E-state index in [1.54, 1.807) is 28.8 Å². The number of carbonyl (C=O) groups is 1. The third-order valence-electron chi connectivity index (χ3n) is 4.67. The molecular weight excluding hydrogens is 336 g/mol. The summed E-state index contributed by atoms with van der Waals surface area (Å²) in [4.78, 5) is 34.6. The van der Waals surface area contributed by atoms with Crippen molar-refractivity contribution >= 4 is 22.9 Å². The molecule has 0 aliphatic carbocycles. The molecule has 1 saturated heterocycles. The number of nitrogens with zero attached hydrogens (tertiary/aromatic N) is 7. The zero-order valence-corrected chi connectivity index (χ0v) is 14.1. The van der Waals surface area contributed by atoms with E-state index in [-0.39, 0.29) is 24.3 Å². The summed E-state index contributed by atoms with van der Waals surface area (Å²) in [5.41, 5.74) is 5.72. The molecule has 0 radical (unpaired) electrons. The van der Waals surface area contributed by atoms with Gasteiger partial charge in [-0.05, 0) is 19.4 Å². The van der Waals surface area contributed by atoms with Crippen molar-refractivity contribution in [2.24, 2.45) is 0 Å². The molecule has 3 aromatic heterocycles. The second-order valence-corrected chi connectivity index (χ2v) is 6.54. The first-order valence-corrected chi connectivity index (χ1v) is 8.19. The number of imidazole rings is 1. The molecule has 1 amide bonds. The van der Waals surface area contributed by atoms with Gasteiger partial charge in [-0.25, -0.2) is 24.9 Å². The Morgan fingerprint density at radius 1 is 1.27 bits per heavy atom. The molecule has 10 heteroatoms. The highest BCUT2D eigenvalue weighted by Crippen LogP contribution is 2.34. The number of nitrogens with two attached hydrogens (primary N) is 1. The number of β-amino-alcohol motifs (C(OH)–C–C–N with tert-alkyl or cyclic N) is 1. The molecule has 26 heavy (non-hydrogen) atoms. The van der Waals surface area contributed by atoms with Gasteiger partial charge in [0.05, 0.1) is 18.9 Å². The summed E-state index contributed by atoms with van der Waals surface area (Å²) < 4.78 is 1.80. The van der Waals surface area contributed by atoms with E-state index in [1.165, 1.54) is 18.7 Å². The van der Waals surface area contributed by atoms with Gasteiger partial charge < -0.3 is 20.3 Å². The van der Waals surface area contributed by atoms with Crippen LogP contribution in [0.25, 0.3) is 11.2 Å². The van der Waals surface area contributed by atoms with Gasteiger partial charge in [-0.3, -0.25) is 4.79 Å². The maximum absolute atomic E-state index is 12.6. The van der Waals surface area contributed by atoms with E-state index in [2.05, 4.69) is 24.9 Å². The third kappa shape index (κ3) is 2.64. The third-order valence-corrected chi connectivity index (χ3v) is 4.67. The van der Waals surface area contributed by atoms with Crippen molar-refractivity contribution in [3.63, 3.8) is 0 Å². The van der Waals surface area contributed by atoms with Gasteiger partial charge in [-0.2, -0.15) is 0 Å². The lowest BCUT2D eigenvalue weighted by molar-refractivity contribution is -0.0482. The smallest absolute Gasteiger partial charge is 0.291 e.